The van der Waals surface area contributed by atoms with Gasteiger partial charge in [0.05, 0.1) is 6.54 Å². The van der Waals surface area contributed by atoms with Gasteiger partial charge < -0.3 is 10.6 Å². The molecule has 0 saturated carbocycles. The molecule has 2 N–H and O–H groups in total. The maximum atomic E-state index is 12.4. The van der Waals surface area contributed by atoms with E-state index >= 15 is 0 Å². The maximum Gasteiger partial charge on any atom is 0.236 e. The van der Waals surface area contributed by atoms with Gasteiger partial charge in [-0.15, -0.1) is 0 Å². The number of hydrogen-bond donors (Lipinski definition) is 1. The lowest BCUT2D eigenvalue weighted by Gasteiger charge is -2.37. The first-order valence-electron chi connectivity index (χ1n) is 7.75. The van der Waals surface area contributed by atoms with Gasteiger partial charge in [0.15, 0.2) is 0 Å². The van der Waals surface area contributed by atoms with Crippen LogP contribution in [0.1, 0.15) is 33.1 Å². The number of amides is 2. The van der Waals surface area contributed by atoms with Crippen LogP contribution in [0.2, 0.25) is 0 Å². The van der Waals surface area contributed by atoms with Gasteiger partial charge in [-0.25, -0.2) is 0 Å². The highest BCUT2D eigenvalue weighted by Gasteiger charge is 2.28. The number of nitrogens with zero attached hydrogens (tertiary/aromatic N) is 2. The Morgan fingerprint density at radius 3 is 2.15 bits per heavy atom. The fraction of sp³-hybridized carbons (Fsp3) is 0.867. The third-order valence-electron chi connectivity index (χ3n) is 4.57. The molecule has 0 aromatic rings. The normalized spacial score (nSPS) is 29.4. The molecule has 2 aliphatic rings. The standard InChI is InChI=1S/C15H27N3O2/c1-11-7-12(2)9-18(8-11)14(19)10-17-5-3-13(4-6-17)15(16)20/h11-13H,3-10H2,1-2H3,(H2,16,20)/t11-,12-/m0/s1. The van der Waals surface area contributed by atoms with Crippen LogP contribution in [0, 0.1) is 17.8 Å². The second-order valence-electron chi connectivity index (χ2n) is 6.70. The van der Waals surface area contributed by atoms with E-state index in [1.165, 1.54) is 6.42 Å². The van der Waals surface area contributed by atoms with E-state index in [4.69, 9.17) is 5.73 Å². The number of primary amides is 1. The van der Waals surface area contributed by atoms with Crippen LogP contribution in [-0.4, -0.2) is 54.3 Å². The minimum atomic E-state index is -0.199. The summed E-state index contributed by atoms with van der Waals surface area (Å²) in [5.41, 5.74) is 5.33. The topological polar surface area (TPSA) is 66.6 Å². The molecule has 0 aromatic heterocycles. The average molecular weight is 281 g/mol. The summed E-state index contributed by atoms with van der Waals surface area (Å²) in [6.07, 6.45) is 2.79. The van der Waals surface area contributed by atoms with Gasteiger partial charge in [-0.05, 0) is 44.2 Å². The molecule has 2 aliphatic heterocycles. The highest BCUT2D eigenvalue weighted by molar-refractivity contribution is 5.79. The number of carbonyl (C=O) groups is 2. The minimum Gasteiger partial charge on any atom is -0.369 e. The van der Waals surface area contributed by atoms with E-state index in [0.29, 0.717) is 18.4 Å². The van der Waals surface area contributed by atoms with Gasteiger partial charge in [-0.2, -0.15) is 0 Å². The summed E-state index contributed by atoms with van der Waals surface area (Å²) in [5.74, 6) is 1.23. The summed E-state index contributed by atoms with van der Waals surface area (Å²) in [6.45, 7) is 8.31. The smallest absolute Gasteiger partial charge is 0.236 e. The molecular formula is C15H27N3O2. The van der Waals surface area contributed by atoms with Crippen molar-refractivity contribution >= 4 is 11.8 Å². The van der Waals surface area contributed by atoms with Crippen molar-refractivity contribution in [2.75, 3.05) is 32.7 Å². The SMILES string of the molecule is C[C@H]1C[C@H](C)CN(C(=O)CN2CCC(C(N)=O)CC2)C1. The Bertz CT molecular complexity index is 354. The van der Waals surface area contributed by atoms with E-state index < -0.39 is 0 Å². The molecule has 0 radical (unpaired) electrons. The Morgan fingerprint density at radius 2 is 1.65 bits per heavy atom. The lowest BCUT2D eigenvalue weighted by molar-refractivity contribution is -0.135. The van der Waals surface area contributed by atoms with Crippen LogP contribution in [0.4, 0.5) is 0 Å². The van der Waals surface area contributed by atoms with Crippen molar-refractivity contribution in [3.63, 3.8) is 0 Å². The largest absolute Gasteiger partial charge is 0.369 e. The zero-order chi connectivity index (χ0) is 14.7. The molecule has 2 saturated heterocycles. The van der Waals surface area contributed by atoms with Crippen molar-refractivity contribution in [3.8, 4) is 0 Å². The molecule has 0 spiro atoms. The van der Waals surface area contributed by atoms with Crippen molar-refractivity contribution in [1.82, 2.24) is 9.80 Å². The summed E-state index contributed by atoms with van der Waals surface area (Å²) in [5, 5.41) is 0. The summed E-state index contributed by atoms with van der Waals surface area (Å²) < 4.78 is 0. The lowest BCUT2D eigenvalue weighted by atomic mass is 9.92. The first kappa shape index (κ1) is 15.3. The molecule has 2 heterocycles. The second-order valence-corrected chi connectivity index (χ2v) is 6.70. The molecule has 0 unspecified atom stereocenters. The first-order chi connectivity index (χ1) is 9.45. The number of hydrogen-bond acceptors (Lipinski definition) is 3. The molecule has 0 aromatic carbocycles. The predicted octanol–water partition coefficient (Wildman–Crippen LogP) is 0.688. The summed E-state index contributed by atoms with van der Waals surface area (Å²) >= 11 is 0. The molecule has 0 bridgehead atoms. The van der Waals surface area contributed by atoms with Crippen LogP contribution in [-0.2, 0) is 9.59 Å². The number of rotatable bonds is 3. The quantitative estimate of drug-likeness (QED) is 0.827. The number of carbonyl (C=O) groups excluding carboxylic acids is 2. The van der Waals surface area contributed by atoms with E-state index in [2.05, 4.69) is 18.7 Å². The zero-order valence-electron chi connectivity index (χ0n) is 12.7. The molecule has 114 valence electrons. The van der Waals surface area contributed by atoms with Crippen LogP contribution >= 0.6 is 0 Å². The van der Waals surface area contributed by atoms with Crippen molar-refractivity contribution in [2.24, 2.45) is 23.5 Å². The van der Waals surface area contributed by atoms with E-state index in [1.807, 2.05) is 4.90 Å². The van der Waals surface area contributed by atoms with Crippen LogP contribution < -0.4 is 5.73 Å². The molecule has 0 aliphatic carbocycles. The lowest BCUT2D eigenvalue weighted by Crippen LogP contribution is -2.48. The Labute approximate surface area is 121 Å². The molecule has 2 atom stereocenters. The third-order valence-corrected chi connectivity index (χ3v) is 4.57. The average Bonchev–Trinajstić information content (AvgIpc) is 2.38. The van der Waals surface area contributed by atoms with Gasteiger partial charge in [0.25, 0.3) is 0 Å². The third kappa shape index (κ3) is 3.95. The molecule has 2 fully saturated rings. The molecule has 2 rings (SSSR count). The van der Waals surface area contributed by atoms with E-state index in [1.54, 1.807) is 0 Å². The van der Waals surface area contributed by atoms with Crippen LogP contribution in [0.25, 0.3) is 0 Å². The number of likely N-dealkylation sites (tertiary alicyclic amines) is 2. The van der Waals surface area contributed by atoms with E-state index in [9.17, 15) is 9.59 Å². The molecular weight excluding hydrogens is 254 g/mol. The van der Waals surface area contributed by atoms with Crippen molar-refractivity contribution in [1.29, 1.82) is 0 Å². The fourth-order valence-corrected chi connectivity index (χ4v) is 3.53. The Balaban J connectivity index is 1.79. The predicted molar refractivity (Wildman–Crippen MR) is 77.9 cm³/mol. The highest BCUT2D eigenvalue weighted by atomic mass is 16.2. The second kappa shape index (κ2) is 6.57. The van der Waals surface area contributed by atoms with Crippen molar-refractivity contribution < 1.29 is 9.59 Å². The van der Waals surface area contributed by atoms with Gasteiger partial charge in [-0.1, -0.05) is 13.8 Å². The fourth-order valence-electron chi connectivity index (χ4n) is 3.53. The Morgan fingerprint density at radius 1 is 1.10 bits per heavy atom. The van der Waals surface area contributed by atoms with Gasteiger partial charge in [0.1, 0.15) is 0 Å². The van der Waals surface area contributed by atoms with Crippen LogP contribution in [0.3, 0.4) is 0 Å². The van der Waals surface area contributed by atoms with Gasteiger partial charge in [0.2, 0.25) is 11.8 Å². The summed E-state index contributed by atoms with van der Waals surface area (Å²) in [6, 6.07) is 0. The van der Waals surface area contributed by atoms with Crippen molar-refractivity contribution in [3.05, 3.63) is 0 Å². The number of piperidine rings is 2. The minimum absolute atomic E-state index is 0.00335. The first-order valence-corrected chi connectivity index (χ1v) is 7.75. The Hall–Kier alpha value is -1.10. The monoisotopic (exact) mass is 281 g/mol. The van der Waals surface area contributed by atoms with E-state index in [0.717, 1.165) is 39.0 Å². The maximum absolute atomic E-state index is 12.4. The van der Waals surface area contributed by atoms with Gasteiger partial charge in [0, 0.05) is 19.0 Å². The highest BCUT2D eigenvalue weighted by Crippen LogP contribution is 2.22. The van der Waals surface area contributed by atoms with Gasteiger partial charge >= 0.3 is 0 Å². The van der Waals surface area contributed by atoms with Crippen molar-refractivity contribution in [2.45, 2.75) is 33.1 Å². The van der Waals surface area contributed by atoms with Crippen LogP contribution in [0.5, 0.6) is 0 Å². The molecule has 5 heteroatoms. The zero-order valence-corrected chi connectivity index (χ0v) is 12.7. The van der Waals surface area contributed by atoms with Crippen LogP contribution in [0.15, 0.2) is 0 Å². The summed E-state index contributed by atoms with van der Waals surface area (Å²) in [4.78, 5) is 27.7. The van der Waals surface area contributed by atoms with E-state index in [-0.39, 0.29) is 17.7 Å². The summed E-state index contributed by atoms with van der Waals surface area (Å²) in [7, 11) is 0. The number of nitrogens with two attached hydrogens (primary N) is 1. The van der Waals surface area contributed by atoms with Gasteiger partial charge in [-0.3, -0.25) is 14.5 Å². The molecule has 2 amide bonds. The Kier molecular flexibility index (Phi) is 5.02. The molecule has 5 nitrogen and oxygen atoms in total. The molecule has 20 heavy (non-hydrogen) atoms.